The first-order chi connectivity index (χ1) is 5.16. The van der Waals surface area contributed by atoms with Crippen molar-refractivity contribution < 1.29 is 5.11 Å². The second-order valence-electron chi connectivity index (χ2n) is 3.19. The van der Waals surface area contributed by atoms with Crippen LogP contribution in [-0.2, 0) is 0 Å². The number of nitrogens with zero attached hydrogens (tertiary/aromatic N) is 1. The quantitative estimate of drug-likeness (QED) is 0.533. The van der Waals surface area contributed by atoms with E-state index in [0.717, 1.165) is 19.5 Å². The fourth-order valence-electron chi connectivity index (χ4n) is 1.04. The maximum atomic E-state index is 8.51. The summed E-state index contributed by atoms with van der Waals surface area (Å²) < 4.78 is 0. The molecule has 0 bridgehead atoms. The van der Waals surface area contributed by atoms with E-state index in [0.29, 0.717) is 6.04 Å². The lowest BCUT2D eigenvalue weighted by atomic mass is 10.3. The minimum atomic E-state index is 0.279. The van der Waals surface area contributed by atoms with Crippen LogP contribution in [0.1, 0.15) is 13.3 Å². The highest BCUT2D eigenvalue weighted by molar-refractivity contribution is 4.62. The predicted molar refractivity (Wildman–Crippen MR) is 47.7 cm³/mol. The molecule has 0 aromatic carbocycles. The topological polar surface area (TPSA) is 35.5 Å². The van der Waals surface area contributed by atoms with Gasteiger partial charge in [-0.25, -0.2) is 0 Å². The predicted octanol–water partition coefficient (Wildman–Crippen LogP) is -0.0915. The van der Waals surface area contributed by atoms with Crippen molar-refractivity contribution in [3.05, 3.63) is 0 Å². The summed E-state index contributed by atoms with van der Waals surface area (Å²) in [6.45, 7) is 4.38. The molecule has 3 heteroatoms. The van der Waals surface area contributed by atoms with Crippen LogP contribution in [0.2, 0.25) is 0 Å². The average molecular weight is 160 g/mol. The highest BCUT2D eigenvalue weighted by Crippen LogP contribution is 1.84. The van der Waals surface area contributed by atoms with Crippen molar-refractivity contribution in [3.63, 3.8) is 0 Å². The van der Waals surface area contributed by atoms with Gasteiger partial charge in [-0.1, -0.05) is 0 Å². The first kappa shape index (κ1) is 10.9. The molecule has 0 aliphatic rings. The maximum absolute atomic E-state index is 8.51. The zero-order valence-electron chi connectivity index (χ0n) is 7.80. The number of nitrogens with one attached hydrogen (secondary N) is 1. The van der Waals surface area contributed by atoms with E-state index in [1.54, 1.807) is 0 Å². The molecule has 0 fully saturated rings. The summed E-state index contributed by atoms with van der Waals surface area (Å²) in [5.74, 6) is 0. The van der Waals surface area contributed by atoms with Crippen molar-refractivity contribution in [2.24, 2.45) is 0 Å². The van der Waals surface area contributed by atoms with Gasteiger partial charge in [0.1, 0.15) is 0 Å². The minimum Gasteiger partial charge on any atom is -0.396 e. The van der Waals surface area contributed by atoms with E-state index in [1.807, 2.05) is 0 Å². The third kappa shape index (κ3) is 7.78. The lowest BCUT2D eigenvalue weighted by Crippen LogP contribution is -2.36. The average Bonchev–Trinajstić information content (AvgIpc) is 1.86. The fraction of sp³-hybridized carbons (Fsp3) is 1.00. The number of aliphatic hydroxyl groups is 1. The smallest absolute Gasteiger partial charge is 0.0443 e. The summed E-state index contributed by atoms with van der Waals surface area (Å²) in [7, 11) is 4.12. The molecule has 2 N–H and O–H groups in total. The highest BCUT2D eigenvalue weighted by atomic mass is 16.3. The molecular formula is C8H20N2O. The van der Waals surface area contributed by atoms with Crippen LogP contribution < -0.4 is 5.32 Å². The van der Waals surface area contributed by atoms with Gasteiger partial charge in [-0.3, -0.25) is 0 Å². The van der Waals surface area contributed by atoms with Crippen LogP contribution in [0.15, 0.2) is 0 Å². The summed E-state index contributed by atoms with van der Waals surface area (Å²) in [4.78, 5) is 2.15. The van der Waals surface area contributed by atoms with Crippen molar-refractivity contribution >= 4 is 0 Å². The van der Waals surface area contributed by atoms with E-state index >= 15 is 0 Å². The van der Waals surface area contributed by atoms with Gasteiger partial charge in [-0.15, -0.1) is 0 Å². The van der Waals surface area contributed by atoms with E-state index in [-0.39, 0.29) is 6.61 Å². The molecule has 1 atom stereocenters. The third-order valence-electron chi connectivity index (χ3n) is 1.47. The second-order valence-corrected chi connectivity index (χ2v) is 3.19. The van der Waals surface area contributed by atoms with Gasteiger partial charge in [0.2, 0.25) is 0 Å². The number of aliphatic hydroxyl groups excluding tert-OH is 1. The van der Waals surface area contributed by atoms with Gasteiger partial charge in [-0.2, -0.15) is 0 Å². The molecule has 0 aliphatic carbocycles. The number of likely N-dealkylation sites (N-methyl/N-ethyl adjacent to an activating group) is 1. The van der Waals surface area contributed by atoms with Crippen LogP contribution in [0, 0.1) is 0 Å². The van der Waals surface area contributed by atoms with Crippen molar-refractivity contribution in [2.75, 3.05) is 33.8 Å². The molecule has 0 aromatic heterocycles. The summed E-state index contributed by atoms with van der Waals surface area (Å²) in [6, 6.07) is 0.511. The normalized spacial score (nSPS) is 13.9. The van der Waals surface area contributed by atoms with Crippen molar-refractivity contribution in [1.82, 2.24) is 10.2 Å². The molecule has 0 amide bonds. The first-order valence-electron chi connectivity index (χ1n) is 4.15. The van der Waals surface area contributed by atoms with E-state index in [4.69, 9.17) is 5.11 Å². The minimum absolute atomic E-state index is 0.279. The largest absolute Gasteiger partial charge is 0.396 e. The molecule has 11 heavy (non-hydrogen) atoms. The summed E-state index contributed by atoms with van der Waals surface area (Å²) in [6.07, 6.45) is 0.845. The Hall–Kier alpha value is -0.120. The molecule has 0 saturated heterocycles. The molecule has 1 unspecified atom stereocenters. The molecule has 0 aliphatic heterocycles. The summed E-state index contributed by atoms with van der Waals surface area (Å²) in [5.41, 5.74) is 0. The van der Waals surface area contributed by atoms with Crippen LogP contribution in [0.25, 0.3) is 0 Å². The van der Waals surface area contributed by atoms with Crippen LogP contribution in [0.3, 0.4) is 0 Å². The Morgan fingerprint density at radius 3 is 2.55 bits per heavy atom. The van der Waals surface area contributed by atoms with E-state index in [9.17, 15) is 0 Å². The van der Waals surface area contributed by atoms with Crippen LogP contribution in [0.5, 0.6) is 0 Å². The van der Waals surface area contributed by atoms with Crippen LogP contribution in [-0.4, -0.2) is 49.8 Å². The SMILES string of the molecule is CC(CN(C)C)NCCCO. The fourth-order valence-corrected chi connectivity index (χ4v) is 1.04. The van der Waals surface area contributed by atoms with E-state index < -0.39 is 0 Å². The lowest BCUT2D eigenvalue weighted by molar-refractivity contribution is 0.278. The van der Waals surface area contributed by atoms with Crippen LogP contribution >= 0.6 is 0 Å². The van der Waals surface area contributed by atoms with Crippen molar-refractivity contribution in [3.8, 4) is 0 Å². The van der Waals surface area contributed by atoms with Crippen molar-refractivity contribution in [1.29, 1.82) is 0 Å². The molecule has 0 saturated carbocycles. The maximum Gasteiger partial charge on any atom is 0.0443 e. The Labute approximate surface area is 69.4 Å². The standard InChI is InChI=1S/C8H20N2O/c1-8(7-10(2)3)9-5-4-6-11/h8-9,11H,4-7H2,1-3H3. The van der Waals surface area contributed by atoms with Gasteiger partial charge in [0, 0.05) is 19.2 Å². The summed E-state index contributed by atoms with van der Waals surface area (Å²) in [5, 5.41) is 11.8. The lowest BCUT2D eigenvalue weighted by Gasteiger charge is -2.17. The monoisotopic (exact) mass is 160 g/mol. The molecular weight excluding hydrogens is 140 g/mol. The number of hydrogen-bond donors (Lipinski definition) is 2. The number of hydrogen-bond acceptors (Lipinski definition) is 3. The van der Waals surface area contributed by atoms with Crippen LogP contribution in [0.4, 0.5) is 0 Å². The Bertz CT molecular complexity index is 86.2. The Kier molecular flexibility index (Phi) is 6.51. The first-order valence-corrected chi connectivity index (χ1v) is 4.15. The number of rotatable bonds is 6. The molecule has 0 rings (SSSR count). The second kappa shape index (κ2) is 6.58. The van der Waals surface area contributed by atoms with Gasteiger partial charge in [0.15, 0.2) is 0 Å². The third-order valence-corrected chi connectivity index (χ3v) is 1.47. The zero-order valence-corrected chi connectivity index (χ0v) is 7.80. The van der Waals surface area contributed by atoms with E-state index in [1.165, 1.54) is 0 Å². The van der Waals surface area contributed by atoms with Gasteiger partial charge < -0.3 is 15.3 Å². The van der Waals surface area contributed by atoms with Gasteiger partial charge in [-0.05, 0) is 34.0 Å². The molecule has 0 radical (unpaired) electrons. The Balaban J connectivity index is 3.15. The van der Waals surface area contributed by atoms with E-state index in [2.05, 4.69) is 31.2 Å². The molecule has 0 aromatic rings. The molecule has 0 heterocycles. The Morgan fingerprint density at radius 2 is 2.09 bits per heavy atom. The summed E-state index contributed by atoms with van der Waals surface area (Å²) >= 11 is 0. The zero-order chi connectivity index (χ0) is 8.69. The van der Waals surface area contributed by atoms with Gasteiger partial charge in [0.25, 0.3) is 0 Å². The highest BCUT2D eigenvalue weighted by Gasteiger charge is 2.00. The van der Waals surface area contributed by atoms with Crippen molar-refractivity contribution in [2.45, 2.75) is 19.4 Å². The molecule has 68 valence electrons. The van der Waals surface area contributed by atoms with Gasteiger partial charge >= 0.3 is 0 Å². The molecule has 3 nitrogen and oxygen atoms in total. The Morgan fingerprint density at radius 1 is 1.45 bits per heavy atom. The van der Waals surface area contributed by atoms with Gasteiger partial charge in [0.05, 0.1) is 0 Å². The molecule has 0 spiro atoms.